The van der Waals surface area contributed by atoms with Crippen LogP contribution in [0, 0.1) is 0 Å². The monoisotopic (exact) mass is 408 g/mol. The second-order valence-electron chi connectivity index (χ2n) is 5.52. The predicted molar refractivity (Wildman–Crippen MR) is 110 cm³/mol. The SMILES string of the molecule is C/C=C\C(=C/CC)S(=O)(=O)N(Cc1ccc(OC)cc1OC)c1nccs1. The highest BCUT2D eigenvalue weighted by Crippen LogP contribution is 2.32. The Hall–Kier alpha value is -2.32. The van der Waals surface area contributed by atoms with Gasteiger partial charge in [0.25, 0.3) is 10.0 Å². The van der Waals surface area contributed by atoms with Crippen molar-refractivity contribution < 1.29 is 17.9 Å². The third-order valence-corrected chi connectivity index (χ3v) is 6.46. The van der Waals surface area contributed by atoms with Gasteiger partial charge in [0.15, 0.2) is 5.13 Å². The number of thiazole rings is 1. The lowest BCUT2D eigenvalue weighted by Crippen LogP contribution is -2.31. The summed E-state index contributed by atoms with van der Waals surface area (Å²) in [5.74, 6) is 1.19. The van der Waals surface area contributed by atoms with Crippen LogP contribution in [0.2, 0.25) is 0 Å². The Kier molecular flexibility index (Phi) is 7.44. The Labute approximate surface area is 164 Å². The second kappa shape index (κ2) is 9.57. The van der Waals surface area contributed by atoms with Gasteiger partial charge in [-0.15, -0.1) is 11.3 Å². The van der Waals surface area contributed by atoms with Crippen molar-refractivity contribution in [1.82, 2.24) is 4.98 Å². The molecule has 146 valence electrons. The van der Waals surface area contributed by atoms with Gasteiger partial charge in [0.1, 0.15) is 11.5 Å². The zero-order chi connectivity index (χ0) is 19.9. The van der Waals surface area contributed by atoms with E-state index < -0.39 is 10.0 Å². The Morgan fingerprint density at radius 1 is 1.30 bits per heavy atom. The number of nitrogens with zero attached hydrogens (tertiary/aromatic N) is 2. The van der Waals surface area contributed by atoms with E-state index in [2.05, 4.69) is 4.98 Å². The molecule has 0 spiro atoms. The fourth-order valence-electron chi connectivity index (χ4n) is 2.48. The maximum absolute atomic E-state index is 13.3. The maximum Gasteiger partial charge on any atom is 0.266 e. The Balaban J connectivity index is 2.53. The van der Waals surface area contributed by atoms with Crippen molar-refractivity contribution in [2.75, 3.05) is 18.5 Å². The molecule has 0 aliphatic rings. The smallest absolute Gasteiger partial charge is 0.266 e. The van der Waals surface area contributed by atoms with Gasteiger partial charge in [0.05, 0.1) is 25.7 Å². The number of methoxy groups -OCH3 is 2. The lowest BCUT2D eigenvalue weighted by Gasteiger charge is -2.23. The van der Waals surface area contributed by atoms with Gasteiger partial charge in [-0.3, -0.25) is 0 Å². The molecule has 0 bridgehead atoms. The quantitative estimate of drug-likeness (QED) is 0.577. The van der Waals surface area contributed by atoms with Gasteiger partial charge in [-0.05, 0) is 31.6 Å². The molecular formula is C19H24N2O4S2. The molecule has 1 heterocycles. The summed E-state index contributed by atoms with van der Waals surface area (Å²) in [5, 5.41) is 2.15. The molecule has 27 heavy (non-hydrogen) atoms. The molecule has 6 nitrogen and oxygen atoms in total. The largest absolute Gasteiger partial charge is 0.497 e. The number of ether oxygens (including phenoxy) is 2. The molecule has 0 fully saturated rings. The van der Waals surface area contributed by atoms with Crippen molar-refractivity contribution >= 4 is 26.5 Å². The van der Waals surface area contributed by atoms with Gasteiger partial charge in [-0.25, -0.2) is 17.7 Å². The summed E-state index contributed by atoms with van der Waals surface area (Å²) in [6.07, 6.45) is 7.21. The van der Waals surface area contributed by atoms with E-state index >= 15 is 0 Å². The standard InChI is InChI=1S/C19H24N2O4S2/c1-5-7-17(8-6-2)27(22,23)21(19-20-11-12-26-19)14-15-9-10-16(24-3)13-18(15)25-4/h5,7-13H,6,14H2,1-4H3/b7-5-,17-8+. The molecule has 0 saturated heterocycles. The van der Waals surface area contributed by atoms with Crippen LogP contribution in [-0.2, 0) is 16.6 Å². The number of aromatic nitrogens is 1. The molecule has 0 radical (unpaired) electrons. The number of benzene rings is 1. The van der Waals surface area contributed by atoms with Crippen LogP contribution in [-0.4, -0.2) is 27.6 Å². The van der Waals surface area contributed by atoms with Gasteiger partial charge in [0.2, 0.25) is 0 Å². The summed E-state index contributed by atoms with van der Waals surface area (Å²) < 4.78 is 38.6. The first-order valence-corrected chi connectivity index (χ1v) is 10.8. The second-order valence-corrected chi connectivity index (χ2v) is 8.25. The van der Waals surface area contributed by atoms with E-state index in [4.69, 9.17) is 9.47 Å². The summed E-state index contributed by atoms with van der Waals surface area (Å²) in [5.41, 5.74) is 0.716. The van der Waals surface area contributed by atoms with E-state index in [0.717, 1.165) is 0 Å². The van der Waals surface area contributed by atoms with Crippen molar-refractivity contribution in [2.24, 2.45) is 0 Å². The van der Waals surface area contributed by atoms with E-state index in [9.17, 15) is 8.42 Å². The minimum Gasteiger partial charge on any atom is -0.497 e. The highest BCUT2D eigenvalue weighted by molar-refractivity contribution is 7.96. The number of rotatable bonds is 9. The number of anilines is 1. The Morgan fingerprint density at radius 2 is 2.07 bits per heavy atom. The van der Waals surface area contributed by atoms with Crippen LogP contribution >= 0.6 is 11.3 Å². The zero-order valence-electron chi connectivity index (χ0n) is 15.9. The molecule has 1 aromatic carbocycles. The fourth-order valence-corrected chi connectivity index (χ4v) is 4.96. The summed E-state index contributed by atoms with van der Waals surface area (Å²) in [4.78, 5) is 4.46. The third kappa shape index (κ3) is 4.90. The molecule has 0 atom stereocenters. The van der Waals surface area contributed by atoms with E-state index in [1.165, 1.54) is 15.6 Å². The van der Waals surface area contributed by atoms with Crippen molar-refractivity contribution in [3.05, 3.63) is 58.5 Å². The van der Waals surface area contributed by atoms with E-state index in [1.807, 2.05) is 6.92 Å². The van der Waals surface area contributed by atoms with E-state index in [0.29, 0.717) is 28.6 Å². The molecule has 2 rings (SSSR count). The predicted octanol–water partition coefficient (Wildman–Crippen LogP) is 4.37. The molecule has 0 N–H and O–H groups in total. The molecular weight excluding hydrogens is 384 g/mol. The first kappa shape index (κ1) is 21.0. The Morgan fingerprint density at radius 3 is 2.63 bits per heavy atom. The summed E-state index contributed by atoms with van der Waals surface area (Å²) in [7, 11) is -0.667. The van der Waals surface area contributed by atoms with Crippen LogP contribution < -0.4 is 13.8 Å². The van der Waals surface area contributed by atoms with Crippen LogP contribution in [0.15, 0.2) is 52.9 Å². The topological polar surface area (TPSA) is 68.7 Å². The number of sulfonamides is 1. The molecule has 0 unspecified atom stereocenters. The summed E-state index contributed by atoms with van der Waals surface area (Å²) in [6, 6.07) is 5.31. The molecule has 0 saturated carbocycles. The Bertz CT molecular complexity index is 904. The molecule has 0 aliphatic heterocycles. The zero-order valence-corrected chi connectivity index (χ0v) is 17.5. The van der Waals surface area contributed by atoms with Crippen LogP contribution in [0.1, 0.15) is 25.8 Å². The van der Waals surface area contributed by atoms with E-state index in [1.54, 1.807) is 69.1 Å². The fraction of sp³-hybridized carbons (Fsp3) is 0.316. The van der Waals surface area contributed by atoms with E-state index in [-0.39, 0.29) is 11.4 Å². The lowest BCUT2D eigenvalue weighted by atomic mass is 10.2. The molecule has 2 aromatic rings. The first-order chi connectivity index (χ1) is 13.0. The van der Waals surface area contributed by atoms with Gasteiger partial charge in [0, 0.05) is 23.2 Å². The van der Waals surface area contributed by atoms with Gasteiger partial charge >= 0.3 is 0 Å². The highest BCUT2D eigenvalue weighted by Gasteiger charge is 2.28. The molecule has 0 aliphatic carbocycles. The normalized spacial score (nSPS) is 12.4. The van der Waals surface area contributed by atoms with Crippen molar-refractivity contribution in [3.8, 4) is 11.5 Å². The van der Waals surface area contributed by atoms with Crippen LogP contribution in [0.4, 0.5) is 5.13 Å². The molecule has 0 amide bonds. The van der Waals surface area contributed by atoms with Gasteiger partial charge in [-0.1, -0.05) is 19.1 Å². The van der Waals surface area contributed by atoms with Crippen LogP contribution in [0.5, 0.6) is 11.5 Å². The number of hydrogen-bond acceptors (Lipinski definition) is 6. The maximum atomic E-state index is 13.3. The molecule has 8 heteroatoms. The number of hydrogen-bond donors (Lipinski definition) is 0. The minimum atomic E-state index is -3.78. The third-order valence-electron chi connectivity index (χ3n) is 3.77. The highest BCUT2D eigenvalue weighted by atomic mass is 32.2. The molecule has 1 aromatic heterocycles. The average Bonchev–Trinajstić information content (AvgIpc) is 3.19. The summed E-state index contributed by atoms with van der Waals surface area (Å²) in [6.45, 7) is 3.79. The van der Waals surface area contributed by atoms with Crippen molar-refractivity contribution in [1.29, 1.82) is 0 Å². The average molecular weight is 409 g/mol. The first-order valence-electron chi connectivity index (χ1n) is 8.43. The van der Waals surface area contributed by atoms with Crippen LogP contribution in [0.3, 0.4) is 0 Å². The lowest BCUT2D eigenvalue weighted by molar-refractivity contribution is 0.391. The van der Waals surface area contributed by atoms with Crippen molar-refractivity contribution in [2.45, 2.75) is 26.8 Å². The van der Waals surface area contributed by atoms with Crippen molar-refractivity contribution in [3.63, 3.8) is 0 Å². The summed E-state index contributed by atoms with van der Waals surface area (Å²) >= 11 is 1.27. The van der Waals surface area contributed by atoms with Crippen LogP contribution in [0.25, 0.3) is 0 Å². The van der Waals surface area contributed by atoms with Gasteiger partial charge < -0.3 is 9.47 Å². The number of allylic oxidation sites excluding steroid dienone is 3. The van der Waals surface area contributed by atoms with Gasteiger partial charge in [-0.2, -0.15) is 0 Å². The minimum absolute atomic E-state index is 0.0988.